The van der Waals surface area contributed by atoms with E-state index in [1.54, 1.807) is 13.1 Å². The maximum Gasteiger partial charge on any atom is 0.193 e. The Morgan fingerprint density at radius 1 is 1.47 bits per heavy atom. The number of nitrogens with one attached hydrogen (secondary N) is 1. The van der Waals surface area contributed by atoms with Crippen molar-refractivity contribution in [3.8, 4) is 0 Å². The smallest absolute Gasteiger partial charge is 0.193 e. The van der Waals surface area contributed by atoms with E-state index in [4.69, 9.17) is 0 Å². The predicted octanol–water partition coefficient (Wildman–Crippen LogP) is 2.47. The van der Waals surface area contributed by atoms with Gasteiger partial charge in [-0.1, -0.05) is 12.1 Å². The third-order valence-electron chi connectivity index (χ3n) is 2.22. The number of rotatable bonds is 3. The minimum Gasteiger partial charge on any atom is -0.357 e. The number of nitrogens with zero attached hydrogens (tertiary/aromatic N) is 2. The van der Waals surface area contributed by atoms with Gasteiger partial charge in [0.1, 0.15) is 5.82 Å². The van der Waals surface area contributed by atoms with E-state index in [1.165, 1.54) is 12.1 Å². The van der Waals surface area contributed by atoms with Gasteiger partial charge in [0.05, 0.1) is 0 Å². The van der Waals surface area contributed by atoms with Crippen molar-refractivity contribution < 1.29 is 4.39 Å². The molecule has 96 valence electrons. The third-order valence-corrected chi connectivity index (χ3v) is 2.22. The highest BCUT2D eigenvalue weighted by Crippen LogP contribution is 2.06. The van der Waals surface area contributed by atoms with Crippen LogP contribution in [0.25, 0.3) is 0 Å². The molecule has 1 rings (SSSR count). The minimum atomic E-state index is -0.204. The predicted molar refractivity (Wildman–Crippen MR) is 80.3 cm³/mol. The maximum absolute atomic E-state index is 13.0. The molecule has 0 saturated heterocycles. The number of aliphatic imine (C=N–C) groups is 1. The van der Waals surface area contributed by atoms with Crippen LogP contribution < -0.4 is 5.32 Å². The molecule has 0 heterocycles. The lowest BCUT2D eigenvalue weighted by atomic mass is 10.2. The molecule has 3 nitrogen and oxygen atoms in total. The molecular weight excluding hydrogens is 332 g/mol. The van der Waals surface area contributed by atoms with Crippen LogP contribution in [0.2, 0.25) is 0 Å². The highest BCUT2D eigenvalue weighted by Gasteiger charge is 2.05. The van der Waals surface area contributed by atoms with Crippen LogP contribution in [-0.2, 0) is 6.54 Å². The average molecular weight is 351 g/mol. The lowest BCUT2D eigenvalue weighted by Gasteiger charge is -2.21. The largest absolute Gasteiger partial charge is 0.357 e. The molecule has 1 aromatic carbocycles. The Balaban J connectivity index is 0.00000256. The zero-order chi connectivity index (χ0) is 12.0. The summed E-state index contributed by atoms with van der Waals surface area (Å²) < 4.78 is 13.0. The highest BCUT2D eigenvalue weighted by molar-refractivity contribution is 14.0. The third kappa shape index (κ3) is 5.34. The molecular formula is C12H19FIN3. The van der Waals surface area contributed by atoms with Crippen LogP contribution in [0.4, 0.5) is 4.39 Å². The second-order valence-corrected chi connectivity index (χ2v) is 3.56. The summed E-state index contributed by atoms with van der Waals surface area (Å²) in [7, 11) is 3.66. The minimum absolute atomic E-state index is 0. The molecule has 17 heavy (non-hydrogen) atoms. The molecule has 1 N–H and O–H groups in total. The molecule has 0 aliphatic heterocycles. The molecule has 0 amide bonds. The molecule has 0 aromatic heterocycles. The van der Waals surface area contributed by atoms with Crippen LogP contribution in [0.1, 0.15) is 12.5 Å². The summed E-state index contributed by atoms with van der Waals surface area (Å²) in [6.07, 6.45) is 0. The van der Waals surface area contributed by atoms with Gasteiger partial charge in [-0.25, -0.2) is 4.39 Å². The fraction of sp³-hybridized carbons (Fsp3) is 0.417. The van der Waals surface area contributed by atoms with Crippen molar-refractivity contribution in [2.24, 2.45) is 4.99 Å². The number of hydrogen-bond acceptors (Lipinski definition) is 1. The van der Waals surface area contributed by atoms with E-state index in [-0.39, 0.29) is 29.8 Å². The van der Waals surface area contributed by atoms with Gasteiger partial charge < -0.3 is 10.2 Å². The fourth-order valence-electron chi connectivity index (χ4n) is 1.53. The SMILES string of the molecule is CCNC(=NC)N(C)Cc1cccc(F)c1.I. The lowest BCUT2D eigenvalue weighted by molar-refractivity contribution is 0.477. The monoisotopic (exact) mass is 351 g/mol. The summed E-state index contributed by atoms with van der Waals surface area (Å²) >= 11 is 0. The normalized spacial score (nSPS) is 10.7. The van der Waals surface area contributed by atoms with Gasteiger partial charge in [-0.2, -0.15) is 0 Å². The van der Waals surface area contributed by atoms with Crippen LogP contribution in [0.3, 0.4) is 0 Å². The summed E-state index contributed by atoms with van der Waals surface area (Å²) in [4.78, 5) is 6.09. The number of hydrogen-bond donors (Lipinski definition) is 1. The number of guanidine groups is 1. The van der Waals surface area contributed by atoms with Crippen molar-refractivity contribution in [3.63, 3.8) is 0 Å². The van der Waals surface area contributed by atoms with E-state index in [0.717, 1.165) is 18.1 Å². The van der Waals surface area contributed by atoms with Gasteiger partial charge >= 0.3 is 0 Å². The van der Waals surface area contributed by atoms with Gasteiger partial charge in [-0.3, -0.25) is 4.99 Å². The highest BCUT2D eigenvalue weighted by atomic mass is 127. The van der Waals surface area contributed by atoms with Crippen LogP contribution in [0.15, 0.2) is 29.3 Å². The first-order valence-corrected chi connectivity index (χ1v) is 5.33. The molecule has 0 radical (unpaired) electrons. The standard InChI is InChI=1S/C12H18FN3.HI/c1-4-15-12(14-2)16(3)9-10-6-5-7-11(13)8-10;/h5-8H,4,9H2,1-3H3,(H,14,15);1H. The molecule has 0 unspecified atom stereocenters. The molecule has 1 aromatic rings. The fourth-order valence-corrected chi connectivity index (χ4v) is 1.53. The summed E-state index contributed by atoms with van der Waals surface area (Å²) in [5, 5.41) is 3.15. The van der Waals surface area contributed by atoms with Gasteiger partial charge in [0.25, 0.3) is 0 Å². The Morgan fingerprint density at radius 3 is 2.71 bits per heavy atom. The first kappa shape index (κ1) is 16.1. The van der Waals surface area contributed by atoms with E-state index < -0.39 is 0 Å². The molecule has 0 aliphatic carbocycles. The lowest BCUT2D eigenvalue weighted by Crippen LogP contribution is -2.38. The average Bonchev–Trinajstić information content (AvgIpc) is 2.25. The van der Waals surface area contributed by atoms with Crippen molar-refractivity contribution >= 4 is 29.9 Å². The summed E-state index contributed by atoms with van der Waals surface area (Å²) in [6.45, 7) is 3.47. The van der Waals surface area contributed by atoms with Crippen LogP contribution in [-0.4, -0.2) is 31.5 Å². The van der Waals surface area contributed by atoms with Crippen LogP contribution in [0.5, 0.6) is 0 Å². The van der Waals surface area contributed by atoms with E-state index in [0.29, 0.717) is 6.54 Å². The van der Waals surface area contributed by atoms with E-state index >= 15 is 0 Å². The topological polar surface area (TPSA) is 27.6 Å². The Morgan fingerprint density at radius 2 is 2.18 bits per heavy atom. The van der Waals surface area contributed by atoms with E-state index in [1.807, 2.05) is 24.9 Å². The van der Waals surface area contributed by atoms with Crippen molar-refractivity contribution in [2.75, 3.05) is 20.6 Å². The van der Waals surface area contributed by atoms with Crippen molar-refractivity contribution in [1.82, 2.24) is 10.2 Å². The van der Waals surface area contributed by atoms with Crippen molar-refractivity contribution in [2.45, 2.75) is 13.5 Å². The zero-order valence-electron chi connectivity index (χ0n) is 10.4. The number of benzene rings is 1. The Bertz CT molecular complexity index is 369. The van der Waals surface area contributed by atoms with Crippen molar-refractivity contribution in [3.05, 3.63) is 35.6 Å². The first-order chi connectivity index (χ1) is 7.67. The second-order valence-electron chi connectivity index (χ2n) is 3.56. The molecule has 0 saturated carbocycles. The quantitative estimate of drug-likeness (QED) is 0.515. The van der Waals surface area contributed by atoms with Crippen LogP contribution >= 0.6 is 24.0 Å². The Kier molecular flexibility index (Phi) is 7.86. The van der Waals surface area contributed by atoms with Gasteiger partial charge in [0, 0.05) is 27.2 Å². The molecule has 0 spiro atoms. The molecule has 0 atom stereocenters. The van der Waals surface area contributed by atoms with Crippen LogP contribution in [0, 0.1) is 5.82 Å². The number of halogens is 2. The molecule has 5 heteroatoms. The summed E-state index contributed by atoms with van der Waals surface area (Å²) in [5.41, 5.74) is 0.932. The molecule has 0 fully saturated rings. The summed E-state index contributed by atoms with van der Waals surface area (Å²) in [5.74, 6) is 0.607. The van der Waals surface area contributed by atoms with Gasteiger partial charge in [0.2, 0.25) is 0 Å². The Labute approximate surface area is 119 Å². The second kappa shape index (κ2) is 8.27. The van der Waals surface area contributed by atoms with Gasteiger partial charge in [-0.05, 0) is 24.6 Å². The summed E-state index contributed by atoms with van der Waals surface area (Å²) in [6, 6.07) is 6.60. The first-order valence-electron chi connectivity index (χ1n) is 5.33. The van der Waals surface area contributed by atoms with E-state index in [2.05, 4.69) is 10.3 Å². The zero-order valence-corrected chi connectivity index (χ0v) is 12.7. The van der Waals surface area contributed by atoms with E-state index in [9.17, 15) is 4.39 Å². The maximum atomic E-state index is 13.0. The molecule has 0 aliphatic rings. The van der Waals surface area contributed by atoms with Crippen molar-refractivity contribution in [1.29, 1.82) is 0 Å². The van der Waals surface area contributed by atoms with Gasteiger partial charge in [-0.15, -0.1) is 24.0 Å². The molecule has 0 bridgehead atoms. The Hall–Kier alpha value is -0.850. The van der Waals surface area contributed by atoms with Gasteiger partial charge in [0.15, 0.2) is 5.96 Å².